The number of furan rings is 1. The molecule has 9 aromatic carbocycles. The Hall–Kier alpha value is -7.50. The molecule has 0 aliphatic rings. The molecule has 0 aliphatic heterocycles. The van der Waals surface area contributed by atoms with Gasteiger partial charge in [-0.25, -0.2) is 0 Å². The lowest BCUT2D eigenvalue weighted by molar-refractivity contribution is 0.669. The highest BCUT2D eigenvalue weighted by Gasteiger charge is 2.21. The van der Waals surface area contributed by atoms with E-state index in [-0.39, 0.29) is 0 Å². The lowest BCUT2D eigenvalue weighted by Gasteiger charge is -2.28. The third kappa shape index (κ3) is 5.17. The normalized spacial score (nSPS) is 11.6. The molecule has 11 aromatic rings. The van der Waals surface area contributed by atoms with Gasteiger partial charge >= 0.3 is 0 Å². The highest BCUT2D eigenvalue weighted by molar-refractivity contribution is 6.19. The van der Waals surface area contributed by atoms with E-state index in [0.29, 0.717) is 0 Å². The number of benzene rings is 9. The highest BCUT2D eigenvalue weighted by atomic mass is 16.3. The van der Waals surface area contributed by atoms with Gasteiger partial charge in [0.15, 0.2) is 0 Å². The Labute approximate surface area is 316 Å². The SMILES string of the molecule is c1ccc(-c2ccccc2-c2ccccc2N(c2ccc3c(ccc4ccc5nn(-c6ccccc6)nc5c43)c2)c2ccc3c(c2)oc2ccccc23)cc1. The van der Waals surface area contributed by atoms with Crippen molar-refractivity contribution < 1.29 is 4.42 Å². The van der Waals surface area contributed by atoms with E-state index in [1.807, 2.05) is 42.5 Å². The van der Waals surface area contributed by atoms with Crippen LogP contribution in [0.3, 0.4) is 0 Å². The van der Waals surface area contributed by atoms with Crippen LogP contribution in [0.1, 0.15) is 0 Å². The predicted molar refractivity (Wildman–Crippen MR) is 227 cm³/mol. The maximum Gasteiger partial charge on any atom is 0.137 e. The lowest BCUT2D eigenvalue weighted by atomic mass is 9.93. The molecule has 0 fully saturated rings. The van der Waals surface area contributed by atoms with Crippen LogP contribution >= 0.6 is 0 Å². The minimum atomic E-state index is 0.849. The number of hydrogen-bond acceptors (Lipinski definition) is 4. The molecular weight excluding hydrogens is 673 g/mol. The maximum atomic E-state index is 6.46. The third-order valence-corrected chi connectivity index (χ3v) is 10.6. The molecule has 0 aliphatic carbocycles. The number of hydrogen-bond donors (Lipinski definition) is 0. The first kappa shape index (κ1) is 31.1. The summed E-state index contributed by atoms with van der Waals surface area (Å²) in [6.45, 7) is 0. The molecule has 0 atom stereocenters. The number of rotatable bonds is 6. The average molecular weight is 705 g/mol. The summed E-state index contributed by atoms with van der Waals surface area (Å²) in [5, 5.41) is 16.6. The summed E-state index contributed by atoms with van der Waals surface area (Å²) in [5.74, 6) is 0. The molecule has 0 unspecified atom stereocenters. The van der Waals surface area contributed by atoms with Gasteiger partial charge in [0.2, 0.25) is 0 Å². The molecule has 0 N–H and O–H groups in total. The van der Waals surface area contributed by atoms with Gasteiger partial charge in [0, 0.05) is 39.2 Å². The zero-order valence-corrected chi connectivity index (χ0v) is 29.7. The van der Waals surface area contributed by atoms with Crippen LogP contribution in [0.15, 0.2) is 199 Å². The summed E-state index contributed by atoms with van der Waals surface area (Å²) in [6.07, 6.45) is 0. The fourth-order valence-corrected chi connectivity index (χ4v) is 8.09. The number of nitrogens with zero attached hydrogens (tertiary/aromatic N) is 4. The molecule has 5 nitrogen and oxygen atoms in total. The van der Waals surface area contributed by atoms with Gasteiger partial charge in [-0.2, -0.15) is 4.80 Å². The summed E-state index contributed by atoms with van der Waals surface area (Å²) < 4.78 is 6.46. The summed E-state index contributed by atoms with van der Waals surface area (Å²) in [6, 6.07) is 68.2. The number of fused-ring (bicyclic) bond motifs is 8. The zero-order valence-electron chi connectivity index (χ0n) is 29.7. The van der Waals surface area contributed by atoms with Crippen LogP contribution in [0, 0.1) is 0 Å². The van der Waals surface area contributed by atoms with Crippen molar-refractivity contribution >= 4 is 71.6 Å². The fraction of sp³-hybridized carbons (Fsp3) is 0. The van der Waals surface area contributed by atoms with Crippen LogP contribution < -0.4 is 4.90 Å². The molecule has 11 rings (SSSR count). The number of aromatic nitrogens is 3. The smallest absolute Gasteiger partial charge is 0.137 e. The molecule has 0 spiro atoms. The first-order valence-electron chi connectivity index (χ1n) is 18.5. The van der Waals surface area contributed by atoms with Crippen molar-refractivity contribution in [3.05, 3.63) is 194 Å². The second-order valence-electron chi connectivity index (χ2n) is 13.9. The van der Waals surface area contributed by atoms with E-state index in [0.717, 1.165) is 88.4 Å². The first-order valence-corrected chi connectivity index (χ1v) is 18.5. The standard InChI is InChI=1S/C50H32N4O/c1-3-13-33(14-4-1)39-17-7-8-18-41(39)42-19-9-11-21-46(42)53(38-27-29-44-43-20-10-12-22-47(43)55-48(44)32-38)37-26-28-40-35(31-37)24-23-34-25-30-45-50(49(34)40)52-54(51-45)36-15-5-2-6-16-36/h1-32H. The summed E-state index contributed by atoms with van der Waals surface area (Å²) in [7, 11) is 0. The second-order valence-corrected chi connectivity index (χ2v) is 13.9. The largest absolute Gasteiger partial charge is 0.456 e. The Bertz CT molecular complexity index is 3220. The molecule has 0 radical (unpaired) electrons. The van der Waals surface area contributed by atoms with Gasteiger partial charge in [0.05, 0.1) is 11.4 Å². The van der Waals surface area contributed by atoms with Crippen LogP contribution in [0.4, 0.5) is 17.1 Å². The van der Waals surface area contributed by atoms with Crippen LogP contribution in [0.25, 0.3) is 82.5 Å². The van der Waals surface area contributed by atoms with E-state index in [9.17, 15) is 0 Å². The lowest BCUT2D eigenvalue weighted by Crippen LogP contribution is -2.11. The van der Waals surface area contributed by atoms with E-state index in [1.54, 1.807) is 4.80 Å². The van der Waals surface area contributed by atoms with E-state index in [4.69, 9.17) is 14.6 Å². The Morgan fingerprint density at radius 1 is 0.436 bits per heavy atom. The molecule has 0 bridgehead atoms. The van der Waals surface area contributed by atoms with Crippen LogP contribution in [-0.2, 0) is 0 Å². The molecule has 55 heavy (non-hydrogen) atoms. The molecule has 2 aromatic heterocycles. The van der Waals surface area contributed by atoms with Gasteiger partial charge in [-0.3, -0.25) is 0 Å². The molecule has 0 amide bonds. The van der Waals surface area contributed by atoms with Crippen molar-refractivity contribution in [2.45, 2.75) is 0 Å². The van der Waals surface area contributed by atoms with E-state index < -0.39 is 0 Å². The topological polar surface area (TPSA) is 47.1 Å². The first-order chi connectivity index (χ1) is 27.3. The predicted octanol–water partition coefficient (Wildman–Crippen LogP) is 13.4. The summed E-state index contributed by atoms with van der Waals surface area (Å²) >= 11 is 0. The number of para-hydroxylation sites is 3. The van der Waals surface area contributed by atoms with Gasteiger partial charge in [0.1, 0.15) is 22.2 Å². The molecule has 2 heterocycles. The van der Waals surface area contributed by atoms with Crippen molar-refractivity contribution in [2.24, 2.45) is 0 Å². The van der Waals surface area contributed by atoms with Gasteiger partial charge in [0.25, 0.3) is 0 Å². The minimum absolute atomic E-state index is 0.849. The van der Waals surface area contributed by atoms with Gasteiger partial charge in [-0.05, 0) is 87.4 Å². The van der Waals surface area contributed by atoms with Crippen molar-refractivity contribution in [3.8, 4) is 27.9 Å². The molecule has 0 saturated heterocycles. The average Bonchev–Trinajstić information content (AvgIpc) is 3.86. The van der Waals surface area contributed by atoms with Crippen LogP contribution in [0.2, 0.25) is 0 Å². The van der Waals surface area contributed by atoms with Crippen molar-refractivity contribution in [1.82, 2.24) is 15.0 Å². The van der Waals surface area contributed by atoms with E-state index in [1.165, 1.54) is 11.1 Å². The van der Waals surface area contributed by atoms with E-state index in [2.05, 4.69) is 157 Å². The highest BCUT2D eigenvalue weighted by Crippen LogP contribution is 2.46. The molecule has 0 saturated carbocycles. The van der Waals surface area contributed by atoms with Gasteiger partial charge < -0.3 is 9.32 Å². The molecule has 258 valence electrons. The monoisotopic (exact) mass is 704 g/mol. The van der Waals surface area contributed by atoms with Crippen molar-refractivity contribution in [1.29, 1.82) is 0 Å². The Morgan fingerprint density at radius 2 is 1.07 bits per heavy atom. The zero-order chi connectivity index (χ0) is 36.3. The minimum Gasteiger partial charge on any atom is -0.456 e. The molecular formula is C50H32N4O. The third-order valence-electron chi connectivity index (χ3n) is 10.6. The van der Waals surface area contributed by atoms with Crippen LogP contribution in [0.5, 0.6) is 0 Å². The van der Waals surface area contributed by atoms with Gasteiger partial charge in [-0.15, -0.1) is 10.2 Å². The summed E-state index contributed by atoms with van der Waals surface area (Å²) in [5.41, 5.74) is 12.2. The maximum absolute atomic E-state index is 6.46. The fourth-order valence-electron chi connectivity index (χ4n) is 8.09. The summed E-state index contributed by atoms with van der Waals surface area (Å²) in [4.78, 5) is 4.09. The van der Waals surface area contributed by atoms with Crippen molar-refractivity contribution in [3.63, 3.8) is 0 Å². The molecule has 5 heteroatoms. The Morgan fingerprint density at radius 3 is 1.93 bits per heavy atom. The van der Waals surface area contributed by atoms with E-state index >= 15 is 0 Å². The Balaban J connectivity index is 1.14. The Kier molecular flexibility index (Phi) is 7.10. The van der Waals surface area contributed by atoms with Crippen molar-refractivity contribution in [2.75, 3.05) is 4.90 Å². The van der Waals surface area contributed by atoms with Gasteiger partial charge in [-0.1, -0.05) is 133 Å². The van der Waals surface area contributed by atoms with Crippen LogP contribution in [-0.4, -0.2) is 15.0 Å². The second kappa shape index (κ2) is 12.6. The quantitative estimate of drug-likeness (QED) is 0.162. The number of anilines is 3.